The smallest absolute Gasteiger partial charge is 0.490 e. The summed E-state index contributed by atoms with van der Waals surface area (Å²) in [5, 5.41) is 7.12. The molecule has 1 aliphatic rings. The van der Waals surface area contributed by atoms with Crippen LogP contribution in [0.15, 0.2) is 102 Å². The number of nitrogens with zero attached hydrogens (tertiary/aromatic N) is 2. The van der Waals surface area contributed by atoms with E-state index in [1.54, 1.807) is 19.5 Å². The highest BCUT2D eigenvalue weighted by molar-refractivity contribution is 6.03. The minimum atomic E-state index is -5.08. The number of nitrogens with two attached hydrogens (primary N) is 1. The Morgan fingerprint density at radius 2 is 1.51 bits per heavy atom. The number of ether oxygens (including phenoxy) is 1. The van der Waals surface area contributed by atoms with Gasteiger partial charge in [-0.2, -0.15) is 13.2 Å². The Balaban J connectivity index is 0.000000405. The Bertz CT molecular complexity index is 1460. The quantitative estimate of drug-likeness (QED) is 0.387. The lowest BCUT2D eigenvalue weighted by Crippen LogP contribution is -2.25. The van der Waals surface area contributed by atoms with Crippen LogP contribution < -0.4 is 10.5 Å². The number of rotatable bonds is 4. The molecule has 4 aromatic rings. The summed E-state index contributed by atoms with van der Waals surface area (Å²) in [5.41, 5.74) is 12.0. The van der Waals surface area contributed by atoms with Crippen LogP contribution in [0, 0.1) is 0 Å². The van der Waals surface area contributed by atoms with Crippen LogP contribution in [0.5, 0.6) is 5.75 Å². The average molecular weight is 505 g/mol. The van der Waals surface area contributed by atoms with E-state index < -0.39 is 17.7 Å². The zero-order valence-corrected chi connectivity index (χ0v) is 19.6. The molecule has 0 radical (unpaired) electrons. The zero-order valence-electron chi connectivity index (χ0n) is 19.6. The fraction of sp³-hybridized carbons (Fsp3) is 0.107. The molecule has 1 atom stereocenters. The number of aliphatic imine (C=N–C) groups is 1. The minimum absolute atomic E-state index is 0.550. The summed E-state index contributed by atoms with van der Waals surface area (Å²) >= 11 is 0. The Morgan fingerprint density at radius 1 is 0.892 bits per heavy atom. The number of benzene rings is 3. The number of hydrogen-bond donors (Lipinski definition) is 2. The predicted octanol–water partition coefficient (Wildman–Crippen LogP) is 5.40. The van der Waals surface area contributed by atoms with Gasteiger partial charge in [0.1, 0.15) is 17.1 Å². The number of methoxy groups -OCH3 is 1. The summed E-state index contributed by atoms with van der Waals surface area (Å²) in [6.45, 7) is 0. The van der Waals surface area contributed by atoms with E-state index in [1.165, 1.54) is 0 Å². The van der Waals surface area contributed by atoms with E-state index in [9.17, 15) is 13.2 Å². The molecule has 0 aliphatic carbocycles. The SMILES string of the molecule is COc1cccc(-c2cccc(C3(c4ccncc4)N=C(N)c4ccccc43)c2)c1.O=C(O)C(F)(F)F. The van der Waals surface area contributed by atoms with Crippen LogP contribution in [0.1, 0.15) is 22.3 Å². The van der Waals surface area contributed by atoms with Crippen LogP contribution in [-0.4, -0.2) is 35.2 Å². The fourth-order valence-electron chi connectivity index (χ4n) is 4.25. The maximum absolute atomic E-state index is 10.6. The number of carboxylic acid groups (broad SMARTS) is 1. The molecule has 3 N–H and O–H groups in total. The topological polar surface area (TPSA) is 97.8 Å². The first-order valence-electron chi connectivity index (χ1n) is 11.1. The summed E-state index contributed by atoms with van der Waals surface area (Å²) in [6.07, 6.45) is -1.48. The molecular formula is C28H22F3N3O3. The third kappa shape index (κ3) is 5.02. The molecule has 6 nitrogen and oxygen atoms in total. The summed E-state index contributed by atoms with van der Waals surface area (Å²) in [4.78, 5) is 18.1. The lowest BCUT2D eigenvalue weighted by molar-refractivity contribution is -0.192. The van der Waals surface area contributed by atoms with Gasteiger partial charge in [0.15, 0.2) is 0 Å². The van der Waals surface area contributed by atoms with Gasteiger partial charge in [-0.05, 0) is 58.1 Å². The molecule has 1 unspecified atom stereocenters. The number of carbonyl (C=O) groups is 1. The van der Waals surface area contributed by atoms with Gasteiger partial charge in [0, 0.05) is 18.0 Å². The largest absolute Gasteiger partial charge is 0.497 e. The van der Waals surface area contributed by atoms with Crippen molar-refractivity contribution in [3.63, 3.8) is 0 Å². The molecule has 0 amide bonds. The molecule has 0 saturated carbocycles. The van der Waals surface area contributed by atoms with Crippen molar-refractivity contribution in [1.82, 2.24) is 4.98 Å². The second-order valence-electron chi connectivity index (χ2n) is 8.10. The third-order valence-corrected chi connectivity index (χ3v) is 5.90. The van der Waals surface area contributed by atoms with Gasteiger partial charge in [0.2, 0.25) is 0 Å². The van der Waals surface area contributed by atoms with Crippen LogP contribution in [-0.2, 0) is 10.3 Å². The molecule has 0 fully saturated rings. The van der Waals surface area contributed by atoms with Crippen LogP contribution in [0.3, 0.4) is 0 Å². The Kier molecular flexibility index (Phi) is 6.97. The number of alkyl halides is 3. The van der Waals surface area contributed by atoms with E-state index in [1.807, 2.05) is 48.5 Å². The number of amidine groups is 1. The molecule has 0 bridgehead atoms. The van der Waals surface area contributed by atoms with Crippen molar-refractivity contribution in [2.24, 2.45) is 10.7 Å². The van der Waals surface area contributed by atoms with Gasteiger partial charge >= 0.3 is 12.1 Å². The van der Waals surface area contributed by atoms with Crippen LogP contribution in [0.4, 0.5) is 13.2 Å². The Morgan fingerprint density at radius 3 is 2.16 bits per heavy atom. The first-order valence-corrected chi connectivity index (χ1v) is 11.1. The number of hydrogen-bond acceptors (Lipinski definition) is 5. The molecule has 3 aromatic carbocycles. The first-order chi connectivity index (χ1) is 17.7. The molecule has 1 aliphatic heterocycles. The van der Waals surface area contributed by atoms with Crippen LogP contribution >= 0.6 is 0 Å². The summed E-state index contributed by atoms with van der Waals surface area (Å²) in [6, 6.07) is 28.7. The zero-order chi connectivity index (χ0) is 26.6. The van der Waals surface area contributed by atoms with Crippen molar-refractivity contribution in [1.29, 1.82) is 0 Å². The van der Waals surface area contributed by atoms with Crippen molar-refractivity contribution in [2.75, 3.05) is 7.11 Å². The molecule has 0 saturated heterocycles. The van der Waals surface area contributed by atoms with Crippen molar-refractivity contribution in [3.8, 4) is 16.9 Å². The van der Waals surface area contributed by atoms with E-state index in [0.717, 1.165) is 39.1 Å². The molecular weight excluding hydrogens is 483 g/mol. The highest BCUT2D eigenvalue weighted by Crippen LogP contribution is 2.46. The van der Waals surface area contributed by atoms with Crippen molar-refractivity contribution in [2.45, 2.75) is 11.7 Å². The second-order valence-corrected chi connectivity index (χ2v) is 8.10. The van der Waals surface area contributed by atoms with E-state index >= 15 is 0 Å². The number of fused-ring (bicyclic) bond motifs is 1. The van der Waals surface area contributed by atoms with Gasteiger partial charge in [-0.1, -0.05) is 54.6 Å². The predicted molar refractivity (Wildman–Crippen MR) is 133 cm³/mol. The second kappa shape index (κ2) is 10.1. The monoisotopic (exact) mass is 505 g/mol. The summed E-state index contributed by atoms with van der Waals surface area (Å²) in [5.74, 6) is -1.38. The fourth-order valence-corrected chi connectivity index (χ4v) is 4.25. The normalized spacial score (nSPS) is 16.2. The van der Waals surface area contributed by atoms with Crippen molar-refractivity contribution >= 4 is 11.8 Å². The Hall–Kier alpha value is -4.66. The summed E-state index contributed by atoms with van der Waals surface area (Å²) < 4.78 is 37.1. The van der Waals surface area contributed by atoms with Crippen LogP contribution in [0.25, 0.3) is 11.1 Å². The number of aromatic nitrogens is 1. The molecule has 1 aromatic heterocycles. The first kappa shape index (κ1) is 25.4. The van der Waals surface area contributed by atoms with Crippen LogP contribution in [0.2, 0.25) is 0 Å². The lowest BCUT2D eigenvalue weighted by Gasteiger charge is -2.29. The highest BCUT2D eigenvalue weighted by Gasteiger charge is 2.42. The minimum Gasteiger partial charge on any atom is -0.497 e. The number of pyridine rings is 1. The van der Waals surface area contributed by atoms with E-state index in [0.29, 0.717) is 5.84 Å². The van der Waals surface area contributed by atoms with Gasteiger partial charge in [-0.15, -0.1) is 0 Å². The van der Waals surface area contributed by atoms with Crippen molar-refractivity contribution in [3.05, 3.63) is 120 Å². The van der Waals surface area contributed by atoms with Gasteiger partial charge in [-0.3, -0.25) is 4.98 Å². The van der Waals surface area contributed by atoms with Gasteiger partial charge in [0.25, 0.3) is 0 Å². The Labute approximate surface area is 210 Å². The number of aliphatic carboxylic acids is 1. The third-order valence-electron chi connectivity index (χ3n) is 5.90. The van der Waals surface area contributed by atoms with Gasteiger partial charge < -0.3 is 15.6 Å². The molecule has 0 spiro atoms. The molecule has 188 valence electrons. The number of halogens is 3. The average Bonchev–Trinajstić information content (AvgIpc) is 3.22. The van der Waals surface area contributed by atoms with Gasteiger partial charge in [-0.25, -0.2) is 9.79 Å². The maximum atomic E-state index is 10.6. The maximum Gasteiger partial charge on any atom is 0.490 e. The molecule has 2 heterocycles. The standard InChI is InChI=1S/C26H21N3O.C2HF3O2/c1-30-22-9-5-7-19(17-22)18-6-4-8-21(16-18)26(20-12-14-28-15-13-20)24-11-3-2-10-23(24)25(27)29-26;3-2(4,5)1(6)7/h2-17H,1H3,(H2,27,29);(H,6,7). The molecule has 5 rings (SSSR count). The van der Waals surface area contributed by atoms with E-state index in [-0.39, 0.29) is 0 Å². The lowest BCUT2D eigenvalue weighted by atomic mass is 9.77. The molecule has 37 heavy (non-hydrogen) atoms. The highest BCUT2D eigenvalue weighted by atomic mass is 19.4. The van der Waals surface area contributed by atoms with Gasteiger partial charge in [0.05, 0.1) is 7.11 Å². The molecule has 9 heteroatoms. The van der Waals surface area contributed by atoms with Crippen molar-refractivity contribution < 1.29 is 27.8 Å². The summed E-state index contributed by atoms with van der Waals surface area (Å²) in [7, 11) is 1.68. The van der Waals surface area contributed by atoms with E-state index in [2.05, 4.69) is 41.4 Å². The van der Waals surface area contributed by atoms with E-state index in [4.69, 9.17) is 25.4 Å². The number of carboxylic acids is 1.